The molecule has 1 aromatic rings. The number of nitrogens with zero attached hydrogens (tertiary/aromatic N) is 3. The first-order valence-electron chi connectivity index (χ1n) is 6.51. The third-order valence-electron chi connectivity index (χ3n) is 3.52. The molecule has 0 bridgehead atoms. The van der Waals surface area contributed by atoms with Crippen LogP contribution in [0, 0.1) is 0 Å². The van der Waals surface area contributed by atoms with E-state index >= 15 is 0 Å². The molecule has 0 aliphatic carbocycles. The Kier molecular flexibility index (Phi) is 4.13. The van der Waals surface area contributed by atoms with E-state index in [9.17, 15) is 0 Å². The van der Waals surface area contributed by atoms with Gasteiger partial charge in [0, 0.05) is 43.8 Å². The van der Waals surface area contributed by atoms with Gasteiger partial charge in [-0.3, -0.25) is 4.90 Å². The summed E-state index contributed by atoms with van der Waals surface area (Å²) in [5.41, 5.74) is 1.40. The maximum atomic E-state index is 5.87. The van der Waals surface area contributed by atoms with E-state index in [0.29, 0.717) is 5.88 Å². The fourth-order valence-electron chi connectivity index (χ4n) is 2.32. The van der Waals surface area contributed by atoms with Crippen molar-refractivity contribution in [3.05, 3.63) is 23.9 Å². The summed E-state index contributed by atoms with van der Waals surface area (Å²) in [6.07, 6.45) is 1.85. The number of hydrogen-bond acceptors (Lipinski definition) is 3. The molecule has 0 atom stereocenters. The molecule has 2 rings (SSSR count). The molecule has 0 radical (unpaired) electrons. The van der Waals surface area contributed by atoms with Crippen LogP contribution in [-0.2, 0) is 5.88 Å². The average molecular weight is 268 g/mol. The smallest absolute Gasteiger partial charge is 0.128 e. The first-order valence-corrected chi connectivity index (χ1v) is 7.05. The van der Waals surface area contributed by atoms with Gasteiger partial charge < -0.3 is 4.90 Å². The third-order valence-corrected chi connectivity index (χ3v) is 3.83. The van der Waals surface area contributed by atoms with Crippen molar-refractivity contribution in [1.29, 1.82) is 0 Å². The second-order valence-corrected chi connectivity index (χ2v) is 6.07. The van der Waals surface area contributed by atoms with E-state index in [1.807, 2.05) is 12.3 Å². The highest BCUT2D eigenvalue weighted by Crippen LogP contribution is 2.20. The lowest BCUT2D eigenvalue weighted by Crippen LogP contribution is -2.53. The van der Waals surface area contributed by atoms with Crippen molar-refractivity contribution < 1.29 is 0 Å². The van der Waals surface area contributed by atoms with Crippen molar-refractivity contribution in [3.63, 3.8) is 0 Å². The third kappa shape index (κ3) is 3.15. The summed E-state index contributed by atoms with van der Waals surface area (Å²) in [5.74, 6) is 1.61. The van der Waals surface area contributed by atoms with Crippen LogP contribution in [0.5, 0.6) is 0 Å². The minimum atomic E-state index is 0.261. The molecule has 0 spiro atoms. The van der Waals surface area contributed by atoms with Gasteiger partial charge in [0.1, 0.15) is 5.82 Å². The van der Waals surface area contributed by atoms with Crippen LogP contribution in [0.4, 0.5) is 5.82 Å². The molecule has 1 aliphatic heterocycles. The second-order valence-electron chi connectivity index (χ2n) is 5.80. The van der Waals surface area contributed by atoms with Gasteiger partial charge in [0.05, 0.1) is 0 Å². The highest BCUT2D eigenvalue weighted by atomic mass is 35.5. The number of halogens is 1. The number of anilines is 1. The molecule has 1 fully saturated rings. The van der Waals surface area contributed by atoms with E-state index in [0.717, 1.165) is 37.6 Å². The van der Waals surface area contributed by atoms with Crippen LogP contribution in [0.3, 0.4) is 0 Å². The Morgan fingerprint density at radius 3 is 2.44 bits per heavy atom. The minimum Gasteiger partial charge on any atom is -0.354 e. The molecule has 0 unspecified atom stereocenters. The maximum Gasteiger partial charge on any atom is 0.128 e. The largest absolute Gasteiger partial charge is 0.354 e. The van der Waals surface area contributed by atoms with Gasteiger partial charge in [0.2, 0.25) is 0 Å². The van der Waals surface area contributed by atoms with E-state index in [4.69, 9.17) is 11.6 Å². The van der Waals surface area contributed by atoms with Gasteiger partial charge in [-0.15, -0.1) is 11.6 Å². The lowest BCUT2D eigenvalue weighted by atomic mass is 10.0. The van der Waals surface area contributed by atoms with Crippen LogP contribution in [0.2, 0.25) is 0 Å². The van der Waals surface area contributed by atoms with Crippen LogP contribution < -0.4 is 4.90 Å². The molecule has 18 heavy (non-hydrogen) atoms. The van der Waals surface area contributed by atoms with Crippen LogP contribution in [0.15, 0.2) is 18.3 Å². The Morgan fingerprint density at radius 2 is 1.89 bits per heavy atom. The Morgan fingerprint density at radius 1 is 1.22 bits per heavy atom. The zero-order valence-corrected chi connectivity index (χ0v) is 12.2. The predicted octanol–water partition coefficient (Wildman–Crippen LogP) is 2.74. The van der Waals surface area contributed by atoms with Crippen molar-refractivity contribution in [2.24, 2.45) is 0 Å². The van der Waals surface area contributed by atoms with Crippen molar-refractivity contribution in [3.8, 4) is 0 Å². The van der Waals surface area contributed by atoms with Crippen molar-refractivity contribution in [2.75, 3.05) is 31.1 Å². The van der Waals surface area contributed by atoms with Crippen molar-refractivity contribution >= 4 is 17.4 Å². The zero-order chi connectivity index (χ0) is 13.2. The minimum absolute atomic E-state index is 0.261. The molecule has 4 heteroatoms. The highest BCUT2D eigenvalue weighted by molar-refractivity contribution is 6.17. The van der Waals surface area contributed by atoms with Gasteiger partial charge in [-0.05, 0) is 38.5 Å². The van der Waals surface area contributed by atoms with E-state index in [1.165, 1.54) is 0 Å². The van der Waals surface area contributed by atoms with Gasteiger partial charge in [-0.25, -0.2) is 4.98 Å². The number of hydrogen-bond donors (Lipinski definition) is 0. The Balaban J connectivity index is 2.01. The number of alkyl halides is 1. The van der Waals surface area contributed by atoms with Gasteiger partial charge in [0.25, 0.3) is 0 Å². The van der Waals surface area contributed by atoms with Gasteiger partial charge in [0.15, 0.2) is 0 Å². The van der Waals surface area contributed by atoms with E-state index in [2.05, 4.69) is 41.6 Å². The molecule has 1 aliphatic rings. The molecule has 1 saturated heterocycles. The highest BCUT2D eigenvalue weighted by Gasteiger charge is 2.26. The summed E-state index contributed by atoms with van der Waals surface area (Å²) in [7, 11) is 0. The number of rotatable bonds is 2. The van der Waals surface area contributed by atoms with Gasteiger partial charge >= 0.3 is 0 Å². The normalized spacial score (nSPS) is 18.1. The van der Waals surface area contributed by atoms with E-state index in [1.54, 1.807) is 0 Å². The molecule has 3 nitrogen and oxygen atoms in total. The first-order chi connectivity index (χ1) is 8.50. The molecular formula is C14H22ClN3. The van der Waals surface area contributed by atoms with Crippen molar-refractivity contribution in [1.82, 2.24) is 9.88 Å². The Labute approximate surface area is 115 Å². The van der Waals surface area contributed by atoms with Crippen molar-refractivity contribution in [2.45, 2.75) is 32.2 Å². The van der Waals surface area contributed by atoms with E-state index < -0.39 is 0 Å². The summed E-state index contributed by atoms with van der Waals surface area (Å²) in [6.45, 7) is 11.1. The topological polar surface area (TPSA) is 19.4 Å². The molecule has 1 aromatic heterocycles. The monoisotopic (exact) mass is 267 g/mol. The summed E-state index contributed by atoms with van der Waals surface area (Å²) in [6, 6.07) is 4.07. The summed E-state index contributed by atoms with van der Waals surface area (Å²) < 4.78 is 0. The summed E-state index contributed by atoms with van der Waals surface area (Å²) in [5, 5.41) is 0. The SMILES string of the molecule is CC(C)(C)N1CCN(c2cc(CCl)ccn2)CC1. The Hall–Kier alpha value is -0.800. The lowest BCUT2D eigenvalue weighted by molar-refractivity contribution is 0.128. The lowest BCUT2D eigenvalue weighted by Gasteiger charge is -2.42. The van der Waals surface area contributed by atoms with Crippen LogP contribution >= 0.6 is 11.6 Å². The molecule has 0 saturated carbocycles. The second kappa shape index (κ2) is 5.45. The average Bonchev–Trinajstić information content (AvgIpc) is 2.38. The molecule has 0 aromatic carbocycles. The van der Waals surface area contributed by atoms with E-state index in [-0.39, 0.29) is 5.54 Å². The van der Waals surface area contributed by atoms with Gasteiger partial charge in [-0.2, -0.15) is 0 Å². The first kappa shape index (κ1) is 13.6. The number of piperazine rings is 1. The van der Waals surface area contributed by atoms with Gasteiger partial charge in [-0.1, -0.05) is 0 Å². The maximum absolute atomic E-state index is 5.87. The molecule has 2 heterocycles. The predicted molar refractivity (Wildman–Crippen MR) is 77.3 cm³/mol. The number of aromatic nitrogens is 1. The molecule has 0 N–H and O–H groups in total. The zero-order valence-electron chi connectivity index (χ0n) is 11.5. The Bertz CT molecular complexity index is 392. The fourth-order valence-corrected chi connectivity index (χ4v) is 2.49. The molecule has 100 valence electrons. The summed E-state index contributed by atoms with van der Waals surface area (Å²) in [4.78, 5) is 9.32. The molecular weight excluding hydrogens is 246 g/mol. The summed E-state index contributed by atoms with van der Waals surface area (Å²) >= 11 is 5.87. The van der Waals surface area contributed by atoms with Crippen LogP contribution in [0.25, 0.3) is 0 Å². The van der Waals surface area contributed by atoms with Crippen LogP contribution in [-0.4, -0.2) is 41.6 Å². The fraction of sp³-hybridized carbons (Fsp3) is 0.643. The quantitative estimate of drug-likeness (QED) is 0.768. The van der Waals surface area contributed by atoms with Crippen LogP contribution in [0.1, 0.15) is 26.3 Å². The number of pyridine rings is 1. The standard InChI is InChI=1S/C14H22ClN3/c1-14(2,3)18-8-6-17(7-9-18)13-10-12(11-15)4-5-16-13/h4-5,10H,6-9,11H2,1-3H3. The molecule has 0 amide bonds.